The van der Waals surface area contributed by atoms with E-state index in [1.54, 1.807) is 0 Å². The smallest absolute Gasteiger partial charge is 0.449 e. The number of benzene rings is 3. The van der Waals surface area contributed by atoms with E-state index in [4.69, 9.17) is 25.6 Å². The number of nitrogens with one attached hydrogen (secondary N) is 1. The monoisotopic (exact) mass is 529 g/mol. The summed E-state index contributed by atoms with van der Waals surface area (Å²) in [6.45, 7) is 10.4. The van der Waals surface area contributed by atoms with Crippen LogP contribution in [0, 0.1) is 6.92 Å². The first-order chi connectivity index (χ1) is 18.1. The van der Waals surface area contributed by atoms with E-state index in [2.05, 4.69) is 29.6 Å². The molecule has 0 atom stereocenters. The second kappa shape index (κ2) is 10.3. The van der Waals surface area contributed by atoms with Gasteiger partial charge in [-0.3, -0.25) is 0 Å². The van der Waals surface area contributed by atoms with Gasteiger partial charge in [0.15, 0.2) is 0 Å². The zero-order chi connectivity index (χ0) is 27.1. The maximum Gasteiger partial charge on any atom is 0.492 e. The number of fused-ring (bicyclic) bond motifs is 3. The molecule has 1 heterocycles. The molecule has 5 nitrogen and oxygen atoms in total. The van der Waals surface area contributed by atoms with Crippen molar-refractivity contribution in [2.75, 3.05) is 13.2 Å². The van der Waals surface area contributed by atoms with Crippen LogP contribution in [0.3, 0.4) is 0 Å². The SMILES string of the molecule is Cc1cccc(C=C(CNC(=O)OCC2c3ccccc3-c3ccccc32)B2OC(C)(C)C(C)(C)O2)c1Cl. The van der Waals surface area contributed by atoms with E-state index in [9.17, 15) is 4.79 Å². The molecule has 1 saturated heterocycles. The van der Waals surface area contributed by atoms with Crippen LogP contribution in [-0.2, 0) is 14.0 Å². The van der Waals surface area contributed by atoms with Gasteiger partial charge in [-0.25, -0.2) is 4.79 Å². The summed E-state index contributed by atoms with van der Waals surface area (Å²) in [4.78, 5) is 12.9. The highest BCUT2D eigenvalue weighted by Gasteiger charge is 2.52. The van der Waals surface area contributed by atoms with Crippen molar-refractivity contribution in [2.45, 2.75) is 51.7 Å². The minimum Gasteiger partial charge on any atom is -0.449 e. The van der Waals surface area contributed by atoms with Crippen LogP contribution in [0.25, 0.3) is 17.2 Å². The number of aryl methyl sites for hydroxylation is 1. The van der Waals surface area contributed by atoms with Crippen molar-refractivity contribution in [3.05, 3.63) is 99.5 Å². The summed E-state index contributed by atoms with van der Waals surface area (Å²) in [6, 6.07) is 22.4. The van der Waals surface area contributed by atoms with E-state index >= 15 is 0 Å². The molecule has 1 amide bonds. The molecule has 3 aromatic carbocycles. The van der Waals surface area contributed by atoms with Crippen molar-refractivity contribution in [1.82, 2.24) is 5.32 Å². The number of carbonyl (C=O) groups is 1. The zero-order valence-electron chi connectivity index (χ0n) is 22.5. The molecule has 0 bridgehead atoms. The van der Waals surface area contributed by atoms with Gasteiger partial charge in [-0.2, -0.15) is 0 Å². The number of ether oxygens (including phenoxy) is 1. The summed E-state index contributed by atoms with van der Waals surface area (Å²) < 4.78 is 18.3. The van der Waals surface area contributed by atoms with E-state index in [0.717, 1.165) is 16.6 Å². The Morgan fingerprint density at radius 2 is 1.53 bits per heavy atom. The highest BCUT2D eigenvalue weighted by molar-refractivity contribution is 6.56. The molecular formula is C31H33BClNO4. The lowest BCUT2D eigenvalue weighted by Crippen LogP contribution is -2.41. The molecule has 0 spiro atoms. The molecule has 38 heavy (non-hydrogen) atoms. The van der Waals surface area contributed by atoms with E-state index in [1.807, 2.05) is 83.2 Å². The number of halogens is 1. The second-order valence-corrected chi connectivity index (χ2v) is 11.3. The Bertz CT molecular complexity index is 1340. The Kier molecular flexibility index (Phi) is 7.16. The first kappa shape index (κ1) is 26.5. The fourth-order valence-electron chi connectivity index (χ4n) is 5.00. The molecule has 1 aliphatic heterocycles. The third-order valence-corrected chi connectivity index (χ3v) is 8.42. The first-order valence-electron chi connectivity index (χ1n) is 13.0. The fourth-order valence-corrected chi connectivity index (χ4v) is 5.18. The number of alkyl carbamates (subject to hydrolysis) is 1. The van der Waals surface area contributed by atoms with Gasteiger partial charge in [-0.1, -0.05) is 84.4 Å². The average Bonchev–Trinajstić information content (AvgIpc) is 3.32. The molecule has 1 fully saturated rings. The lowest BCUT2D eigenvalue weighted by Gasteiger charge is -2.32. The Labute approximate surface area is 230 Å². The predicted molar refractivity (Wildman–Crippen MR) is 153 cm³/mol. The normalized spacial score (nSPS) is 17.7. The fraction of sp³-hybridized carbons (Fsp3) is 0.323. The summed E-state index contributed by atoms with van der Waals surface area (Å²) in [7, 11) is -0.634. The van der Waals surface area contributed by atoms with Crippen molar-refractivity contribution in [3.8, 4) is 11.1 Å². The van der Waals surface area contributed by atoms with Crippen LogP contribution >= 0.6 is 11.6 Å². The van der Waals surface area contributed by atoms with Crippen molar-refractivity contribution in [2.24, 2.45) is 0 Å². The van der Waals surface area contributed by atoms with E-state index in [1.165, 1.54) is 22.3 Å². The van der Waals surface area contributed by atoms with Crippen LogP contribution in [0.4, 0.5) is 4.79 Å². The third kappa shape index (κ3) is 5.01. The van der Waals surface area contributed by atoms with E-state index < -0.39 is 24.4 Å². The molecule has 0 aromatic heterocycles. The quantitative estimate of drug-likeness (QED) is 0.343. The van der Waals surface area contributed by atoms with E-state index in [-0.39, 0.29) is 19.1 Å². The number of carbonyl (C=O) groups excluding carboxylic acids is 1. The van der Waals surface area contributed by atoms with Gasteiger partial charge in [0.2, 0.25) is 0 Å². The zero-order valence-corrected chi connectivity index (χ0v) is 23.3. The van der Waals surface area contributed by atoms with Crippen LogP contribution in [0.15, 0.2) is 72.2 Å². The maximum atomic E-state index is 12.9. The van der Waals surface area contributed by atoms with Crippen molar-refractivity contribution >= 4 is 30.9 Å². The first-order valence-corrected chi connectivity index (χ1v) is 13.4. The minimum atomic E-state index is -0.634. The Morgan fingerprint density at radius 1 is 0.947 bits per heavy atom. The van der Waals surface area contributed by atoms with Crippen LogP contribution in [0.1, 0.15) is 55.9 Å². The largest absolute Gasteiger partial charge is 0.492 e. The molecule has 1 aliphatic carbocycles. The summed E-state index contributed by atoms with van der Waals surface area (Å²) >= 11 is 6.59. The number of amides is 1. The number of rotatable bonds is 6. The van der Waals surface area contributed by atoms with Crippen molar-refractivity contribution in [1.29, 1.82) is 0 Å². The third-order valence-electron chi connectivity index (χ3n) is 7.90. The van der Waals surface area contributed by atoms with Gasteiger partial charge in [0, 0.05) is 12.5 Å². The van der Waals surface area contributed by atoms with Gasteiger partial charge >= 0.3 is 13.2 Å². The highest BCUT2D eigenvalue weighted by Crippen LogP contribution is 2.44. The predicted octanol–water partition coefficient (Wildman–Crippen LogP) is 7.20. The number of hydrogen-bond donors (Lipinski definition) is 1. The maximum absolute atomic E-state index is 12.9. The lowest BCUT2D eigenvalue weighted by atomic mass is 9.77. The van der Waals surface area contributed by atoms with Gasteiger partial charge in [-0.15, -0.1) is 0 Å². The standard InChI is InChI=1S/C31H33BClNO4/c1-20-11-10-12-21(28(20)33)17-22(32-37-30(2,3)31(4,5)38-32)18-34-29(35)36-19-27-25-15-8-6-13-23(25)24-14-7-9-16-26(24)27/h6-17,27H,18-19H2,1-5H3,(H,34,35). The Balaban J connectivity index is 1.31. The molecule has 2 aliphatic rings. The summed E-state index contributed by atoms with van der Waals surface area (Å²) in [5.74, 6) is -0.00244. The molecule has 7 heteroatoms. The van der Waals surface area contributed by atoms with Gasteiger partial charge in [0.25, 0.3) is 0 Å². The summed E-state index contributed by atoms with van der Waals surface area (Å²) in [5, 5.41) is 3.56. The van der Waals surface area contributed by atoms with Gasteiger partial charge < -0.3 is 19.4 Å². The van der Waals surface area contributed by atoms with Crippen LogP contribution in [0.2, 0.25) is 5.02 Å². The summed E-state index contributed by atoms with van der Waals surface area (Å²) in [6.07, 6.45) is 1.44. The van der Waals surface area contributed by atoms with Crippen molar-refractivity contribution in [3.63, 3.8) is 0 Å². The molecule has 196 valence electrons. The molecular weight excluding hydrogens is 497 g/mol. The highest BCUT2D eigenvalue weighted by atomic mass is 35.5. The molecule has 0 saturated carbocycles. The van der Waals surface area contributed by atoms with Gasteiger partial charge in [0.1, 0.15) is 6.61 Å². The lowest BCUT2D eigenvalue weighted by molar-refractivity contribution is 0.00578. The molecule has 0 radical (unpaired) electrons. The second-order valence-electron chi connectivity index (χ2n) is 11.0. The summed E-state index contributed by atoms with van der Waals surface area (Å²) in [5.41, 5.74) is 6.26. The van der Waals surface area contributed by atoms with Gasteiger partial charge in [0.05, 0.1) is 16.2 Å². The molecule has 3 aromatic rings. The minimum absolute atomic E-state index is 0.00244. The van der Waals surface area contributed by atoms with E-state index in [0.29, 0.717) is 5.02 Å². The Hall–Kier alpha value is -3.06. The molecule has 0 unspecified atom stereocenters. The van der Waals surface area contributed by atoms with Gasteiger partial charge in [-0.05, 0) is 73.5 Å². The van der Waals surface area contributed by atoms with Crippen LogP contribution < -0.4 is 5.32 Å². The number of hydrogen-bond acceptors (Lipinski definition) is 4. The Morgan fingerprint density at radius 3 is 2.13 bits per heavy atom. The average molecular weight is 530 g/mol. The molecule has 1 N–H and O–H groups in total. The topological polar surface area (TPSA) is 56.8 Å². The van der Waals surface area contributed by atoms with Crippen LogP contribution in [0.5, 0.6) is 0 Å². The van der Waals surface area contributed by atoms with Crippen molar-refractivity contribution < 1.29 is 18.8 Å². The van der Waals surface area contributed by atoms with Crippen LogP contribution in [-0.4, -0.2) is 37.6 Å². The molecule has 5 rings (SSSR count).